The van der Waals surface area contributed by atoms with Crippen LogP contribution in [0, 0.1) is 0 Å². The molecule has 1 amide bonds. The minimum Gasteiger partial charge on any atom is -0.495 e. The second-order valence-corrected chi connectivity index (χ2v) is 7.67. The first kappa shape index (κ1) is 26.8. The van der Waals surface area contributed by atoms with Gasteiger partial charge in [-0.1, -0.05) is 32.8 Å². The van der Waals surface area contributed by atoms with Crippen molar-refractivity contribution in [3.63, 3.8) is 0 Å². The fourth-order valence-electron chi connectivity index (χ4n) is 3.65. The van der Waals surface area contributed by atoms with Crippen molar-refractivity contribution in [2.75, 3.05) is 34.0 Å². The number of aliphatic carboxylic acids is 1. The summed E-state index contributed by atoms with van der Waals surface area (Å²) >= 11 is 0. The van der Waals surface area contributed by atoms with Gasteiger partial charge in [0.05, 0.1) is 25.9 Å². The molecular weight excluding hydrogens is 438 g/mol. The standard InChI is InChI=1S/C26H35NO7/c1-5-9-18-21(11-7-12-22(18)34-17-24(28)29)32-15-8-16-33-23-14-13-20(26(30)27-3)25(31-4)19(23)10-6-2/h7,11-14H,5-6,8-10,15-17H2,1-4H3,(H,27,30)(H,28,29). The Kier molecular flexibility index (Phi) is 11.0. The zero-order chi connectivity index (χ0) is 24.9. The predicted octanol–water partition coefficient (Wildman–Crippen LogP) is 4.27. The average molecular weight is 474 g/mol. The van der Waals surface area contributed by atoms with Crippen LogP contribution in [0.1, 0.15) is 54.6 Å². The van der Waals surface area contributed by atoms with E-state index in [1.165, 1.54) is 0 Å². The molecule has 0 aliphatic rings. The number of amides is 1. The van der Waals surface area contributed by atoms with Gasteiger partial charge >= 0.3 is 5.97 Å². The third-order valence-electron chi connectivity index (χ3n) is 5.14. The van der Waals surface area contributed by atoms with E-state index < -0.39 is 12.6 Å². The lowest BCUT2D eigenvalue weighted by Crippen LogP contribution is -2.19. The summed E-state index contributed by atoms with van der Waals surface area (Å²) < 4.78 is 23.0. The Labute approximate surface area is 201 Å². The van der Waals surface area contributed by atoms with E-state index in [2.05, 4.69) is 12.2 Å². The fraction of sp³-hybridized carbons (Fsp3) is 0.462. The molecule has 2 rings (SSSR count). The molecule has 186 valence electrons. The molecule has 0 radical (unpaired) electrons. The molecule has 34 heavy (non-hydrogen) atoms. The van der Waals surface area contributed by atoms with E-state index in [1.807, 2.05) is 19.1 Å². The zero-order valence-electron chi connectivity index (χ0n) is 20.4. The highest BCUT2D eigenvalue weighted by Gasteiger charge is 2.19. The van der Waals surface area contributed by atoms with E-state index >= 15 is 0 Å². The van der Waals surface area contributed by atoms with Gasteiger partial charge in [-0.25, -0.2) is 4.79 Å². The molecule has 0 unspecified atom stereocenters. The van der Waals surface area contributed by atoms with Crippen molar-refractivity contribution >= 4 is 11.9 Å². The van der Waals surface area contributed by atoms with E-state index in [-0.39, 0.29) is 5.91 Å². The number of carboxylic acids is 1. The molecule has 0 aliphatic carbocycles. The van der Waals surface area contributed by atoms with Crippen molar-refractivity contribution in [2.45, 2.75) is 46.0 Å². The van der Waals surface area contributed by atoms with Gasteiger partial charge in [-0.3, -0.25) is 4.79 Å². The first-order valence-electron chi connectivity index (χ1n) is 11.6. The van der Waals surface area contributed by atoms with Crippen molar-refractivity contribution in [3.05, 3.63) is 47.0 Å². The third kappa shape index (κ3) is 7.30. The number of nitrogens with one attached hydrogen (secondary N) is 1. The molecule has 8 nitrogen and oxygen atoms in total. The largest absolute Gasteiger partial charge is 0.495 e. The highest BCUT2D eigenvalue weighted by atomic mass is 16.5. The number of rotatable bonds is 15. The van der Waals surface area contributed by atoms with Crippen LogP contribution in [0.15, 0.2) is 30.3 Å². The van der Waals surface area contributed by atoms with Crippen LogP contribution in [0.2, 0.25) is 0 Å². The number of benzene rings is 2. The van der Waals surface area contributed by atoms with Crippen LogP contribution in [-0.4, -0.2) is 51.0 Å². The SMILES string of the molecule is CCCc1c(OCCCOc2ccc(C(=O)NC)c(OC)c2CCC)cccc1OCC(=O)O. The Balaban J connectivity index is 2.03. The molecule has 2 aromatic rings. The summed E-state index contributed by atoms with van der Waals surface area (Å²) in [4.78, 5) is 23.0. The van der Waals surface area contributed by atoms with Crippen molar-refractivity contribution in [1.29, 1.82) is 0 Å². The van der Waals surface area contributed by atoms with E-state index in [0.29, 0.717) is 48.2 Å². The maximum atomic E-state index is 12.2. The molecule has 0 saturated heterocycles. The van der Waals surface area contributed by atoms with Crippen molar-refractivity contribution in [3.8, 4) is 23.0 Å². The van der Waals surface area contributed by atoms with E-state index in [4.69, 9.17) is 24.1 Å². The van der Waals surface area contributed by atoms with E-state index in [0.717, 1.165) is 36.8 Å². The fourth-order valence-corrected chi connectivity index (χ4v) is 3.65. The number of carbonyl (C=O) groups excluding carboxylic acids is 1. The number of carbonyl (C=O) groups is 2. The number of hydrogen-bond acceptors (Lipinski definition) is 6. The Morgan fingerprint density at radius 3 is 2.03 bits per heavy atom. The monoisotopic (exact) mass is 473 g/mol. The maximum Gasteiger partial charge on any atom is 0.341 e. The molecule has 0 saturated carbocycles. The summed E-state index contributed by atoms with van der Waals surface area (Å²) in [5.74, 6) is 1.23. The second kappa shape index (κ2) is 14.0. The number of methoxy groups -OCH3 is 1. The van der Waals surface area contributed by atoms with Crippen molar-refractivity contribution in [1.82, 2.24) is 5.32 Å². The van der Waals surface area contributed by atoms with Crippen LogP contribution < -0.4 is 24.3 Å². The molecule has 8 heteroatoms. The Bertz CT molecular complexity index is 958. The molecule has 0 aliphatic heterocycles. The van der Waals surface area contributed by atoms with Crippen molar-refractivity contribution in [2.24, 2.45) is 0 Å². The minimum absolute atomic E-state index is 0.202. The quantitative estimate of drug-likeness (QED) is 0.372. The van der Waals surface area contributed by atoms with Gasteiger partial charge in [-0.05, 0) is 37.1 Å². The number of carboxylic acid groups (broad SMARTS) is 1. The second-order valence-electron chi connectivity index (χ2n) is 7.67. The summed E-state index contributed by atoms with van der Waals surface area (Å²) in [6, 6.07) is 8.93. The molecule has 0 heterocycles. The molecule has 2 aromatic carbocycles. The van der Waals surface area contributed by atoms with Gasteiger partial charge in [-0.2, -0.15) is 0 Å². The van der Waals surface area contributed by atoms with Crippen molar-refractivity contribution < 1.29 is 33.6 Å². The van der Waals surface area contributed by atoms with Crippen LogP contribution in [-0.2, 0) is 17.6 Å². The van der Waals surface area contributed by atoms with E-state index in [9.17, 15) is 9.59 Å². The molecule has 0 fully saturated rings. The molecule has 0 atom stereocenters. The molecule has 2 N–H and O–H groups in total. The first-order valence-corrected chi connectivity index (χ1v) is 11.6. The van der Waals surface area contributed by atoms with Gasteiger partial charge in [0.15, 0.2) is 6.61 Å². The topological polar surface area (TPSA) is 103 Å². The number of hydrogen-bond donors (Lipinski definition) is 2. The van der Waals surface area contributed by atoms with Gasteiger partial charge in [-0.15, -0.1) is 0 Å². The first-order chi connectivity index (χ1) is 16.5. The van der Waals surface area contributed by atoms with Crippen LogP contribution in [0.25, 0.3) is 0 Å². The lowest BCUT2D eigenvalue weighted by Gasteiger charge is -2.18. The van der Waals surface area contributed by atoms with E-state index in [1.54, 1.807) is 32.4 Å². The molecular formula is C26H35NO7. The normalized spacial score (nSPS) is 10.5. The van der Waals surface area contributed by atoms with Crippen LogP contribution in [0.5, 0.6) is 23.0 Å². The van der Waals surface area contributed by atoms with Gasteiger partial charge in [0, 0.05) is 24.6 Å². The average Bonchev–Trinajstić information content (AvgIpc) is 2.83. The smallest absolute Gasteiger partial charge is 0.341 e. The van der Waals surface area contributed by atoms with Crippen LogP contribution in [0.4, 0.5) is 0 Å². The van der Waals surface area contributed by atoms with Gasteiger partial charge < -0.3 is 29.4 Å². The Morgan fingerprint density at radius 1 is 0.882 bits per heavy atom. The third-order valence-corrected chi connectivity index (χ3v) is 5.14. The van der Waals surface area contributed by atoms with Gasteiger partial charge in [0.1, 0.15) is 23.0 Å². The predicted molar refractivity (Wildman–Crippen MR) is 130 cm³/mol. The Hall–Kier alpha value is -3.42. The summed E-state index contributed by atoms with van der Waals surface area (Å²) in [6.45, 7) is 4.57. The summed E-state index contributed by atoms with van der Waals surface area (Å²) in [5.41, 5.74) is 2.23. The highest BCUT2D eigenvalue weighted by molar-refractivity contribution is 5.97. The van der Waals surface area contributed by atoms with Gasteiger partial charge in [0.2, 0.25) is 0 Å². The summed E-state index contributed by atoms with van der Waals surface area (Å²) in [7, 11) is 3.15. The summed E-state index contributed by atoms with van der Waals surface area (Å²) in [6.07, 6.45) is 3.84. The highest BCUT2D eigenvalue weighted by Crippen LogP contribution is 2.34. The lowest BCUT2D eigenvalue weighted by atomic mass is 10.0. The van der Waals surface area contributed by atoms with Gasteiger partial charge in [0.25, 0.3) is 5.91 Å². The Morgan fingerprint density at radius 2 is 1.47 bits per heavy atom. The van der Waals surface area contributed by atoms with Crippen LogP contribution in [0.3, 0.4) is 0 Å². The molecule has 0 bridgehead atoms. The number of ether oxygens (including phenoxy) is 4. The lowest BCUT2D eigenvalue weighted by molar-refractivity contribution is -0.139. The minimum atomic E-state index is -1.02. The molecule has 0 aromatic heterocycles. The van der Waals surface area contributed by atoms with Crippen LogP contribution >= 0.6 is 0 Å². The summed E-state index contributed by atoms with van der Waals surface area (Å²) in [5, 5.41) is 11.5. The maximum absolute atomic E-state index is 12.2. The molecule has 0 spiro atoms. The zero-order valence-corrected chi connectivity index (χ0v) is 20.4.